The molecule has 1 aromatic heterocycles. The summed E-state index contributed by atoms with van der Waals surface area (Å²) >= 11 is 0. The Hall–Kier alpha value is -1.93. The van der Waals surface area contributed by atoms with Gasteiger partial charge in [-0.2, -0.15) is 0 Å². The number of hydrogen-bond acceptors (Lipinski definition) is 5. The van der Waals surface area contributed by atoms with E-state index < -0.39 is 11.2 Å². The Morgan fingerprint density at radius 3 is 2.83 bits per heavy atom. The third-order valence-corrected chi connectivity index (χ3v) is 4.51. The number of aromatic amines is 1. The number of nitrogens with one attached hydrogen (secondary N) is 2. The van der Waals surface area contributed by atoms with E-state index in [1.165, 1.54) is 23.6 Å². The summed E-state index contributed by atoms with van der Waals surface area (Å²) in [5.74, 6) is -0.252. The standard InChI is InChI=1S/C15H22N4O4/c1-10-6-19(15(22)17-14(10)21)7-13(20)16-11-8-23-9-12(11)18-4-2-3-5-18/h6,11-12H,2-5,7-9H2,1H3,(H,16,20)(H,17,21,22)/t11-,12-/m0/s1. The van der Waals surface area contributed by atoms with Crippen LogP contribution in [-0.4, -0.2) is 58.7 Å². The SMILES string of the molecule is Cc1cn(CC(=O)N[C@H]2COC[C@@H]2N2CCCC2)c(=O)[nH]c1=O. The highest BCUT2D eigenvalue weighted by Crippen LogP contribution is 2.19. The minimum atomic E-state index is -0.575. The van der Waals surface area contributed by atoms with Crippen molar-refractivity contribution in [3.05, 3.63) is 32.6 Å². The van der Waals surface area contributed by atoms with Crippen molar-refractivity contribution in [1.82, 2.24) is 19.8 Å². The Balaban J connectivity index is 1.64. The smallest absolute Gasteiger partial charge is 0.328 e. The second-order valence-corrected chi connectivity index (χ2v) is 6.22. The predicted octanol–water partition coefficient (Wildman–Crippen LogP) is -1.18. The minimum absolute atomic E-state index is 0.0554. The maximum Gasteiger partial charge on any atom is 0.328 e. The van der Waals surface area contributed by atoms with Crippen molar-refractivity contribution in [2.75, 3.05) is 26.3 Å². The summed E-state index contributed by atoms with van der Waals surface area (Å²) in [5, 5.41) is 2.96. The van der Waals surface area contributed by atoms with Gasteiger partial charge in [0.05, 0.1) is 25.3 Å². The molecule has 2 aliphatic heterocycles. The lowest BCUT2D eigenvalue weighted by Gasteiger charge is -2.27. The van der Waals surface area contributed by atoms with E-state index in [-0.39, 0.29) is 24.5 Å². The molecule has 126 valence electrons. The number of likely N-dealkylation sites (tertiary alicyclic amines) is 1. The van der Waals surface area contributed by atoms with Crippen molar-refractivity contribution < 1.29 is 9.53 Å². The molecule has 3 rings (SSSR count). The van der Waals surface area contributed by atoms with Crippen LogP contribution in [-0.2, 0) is 16.1 Å². The first-order valence-corrected chi connectivity index (χ1v) is 7.96. The topological polar surface area (TPSA) is 96.4 Å². The van der Waals surface area contributed by atoms with Crippen LogP contribution in [0.15, 0.2) is 15.8 Å². The molecule has 8 nitrogen and oxygen atoms in total. The lowest BCUT2D eigenvalue weighted by atomic mass is 10.1. The number of ether oxygens (including phenoxy) is 1. The fourth-order valence-electron chi connectivity index (χ4n) is 3.26. The molecule has 2 saturated heterocycles. The zero-order valence-corrected chi connectivity index (χ0v) is 13.2. The number of amides is 1. The normalized spacial score (nSPS) is 24.9. The van der Waals surface area contributed by atoms with Crippen LogP contribution >= 0.6 is 0 Å². The Labute approximate surface area is 133 Å². The van der Waals surface area contributed by atoms with E-state index in [2.05, 4.69) is 15.2 Å². The first kappa shape index (κ1) is 15.9. The van der Waals surface area contributed by atoms with E-state index in [0.29, 0.717) is 18.8 Å². The maximum atomic E-state index is 12.2. The molecular formula is C15H22N4O4. The predicted molar refractivity (Wildman–Crippen MR) is 83.4 cm³/mol. The van der Waals surface area contributed by atoms with E-state index in [1.54, 1.807) is 6.92 Å². The number of hydrogen-bond donors (Lipinski definition) is 2. The van der Waals surface area contributed by atoms with Crippen molar-refractivity contribution in [2.45, 2.75) is 38.4 Å². The van der Waals surface area contributed by atoms with Gasteiger partial charge in [-0.05, 0) is 32.9 Å². The summed E-state index contributed by atoms with van der Waals surface area (Å²) in [6.07, 6.45) is 3.77. The summed E-state index contributed by atoms with van der Waals surface area (Å²) in [5.41, 5.74) is -0.601. The van der Waals surface area contributed by atoms with Crippen LogP contribution in [0.1, 0.15) is 18.4 Å². The first-order chi connectivity index (χ1) is 11.0. The van der Waals surface area contributed by atoms with Crippen LogP contribution in [0.25, 0.3) is 0 Å². The average molecular weight is 322 g/mol. The molecule has 8 heteroatoms. The molecule has 23 heavy (non-hydrogen) atoms. The highest BCUT2D eigenvalue weighted by molar-refractivity contribution is 5.76. The molecule has 2 aliphatic rings. The molecule has 1 amide bonds. The maximum absolute atomic E-state index is 12.2. The lowest BCUT2D eigenvalue weighted by molar-refractivity contribution is -0.122. The van der Waals surface area contributed by atoms with Crippen LogP contribution in [0.4, 0.5) is 0 Å². The summed E-state index contributed by atoms with van der Waals surface area (Å²) in [6.45, 7) is 4.69. The number of aromatic nitrogens is 2. The van der Waals surface area contributed by atoms with Crippen molar-refractivity contribution in [1.29, 1.82) is 0 Å². The molecule has 1 aromatic rings. The molecule has 0 saturated carbocycles. The highest BCUT2D eigenvalue weighted by atomic mass is 16.5. The minimum Gasteiger partial charge on any atom is -0.378 e. The van der Waals surface area contributed by atoms with Crippen molar-refractivity contribution in [3.63, 3.8) is 0 Å². The quantitative estimate of drug-likeness (QED) is 0.728. The molecule has 0 aromatic carbocycles. The van der Waals surface area contributed by atoms with Crippen molar-refractivity contribution in [2.24, 2.45) is 0 Å². The van der Waals surface area contributed by atoms with Gasteiger partial charge in [-0.15, -0.1) is 0 Å². The zero-order valence-electron chi connectivity index (χ0n) is 13.2. The van der Waals surface area contributed by atoms with Gasteiger partial charge in [0, 0.05) is 11.8 Å². The molecule has 0 unspecified atom stereocenters. The number of carbonyl (C=O) groups is 1. The Morgan fingerprint density at radius 1 is 1.35 bits per heavy atom. The first-order valence-electron chi connectivity index (χ1n) is 7.96. The van der Waals surface area contributed by atoms with Gasteiger partial charge in [0.15, 0.2) is 0 Å². The average Bonchev–Trinajstić information content (AvgIpc) is 3.15. The van der Waals surface area contributed by atoms with Crippen LogP contribution in [0, 0.1) is 6.92 Å². The number of carbonyl (C=O) groups excluding carboxylic acids is 1. The van der Waals surface area contributed by atoms with Gasteiger partial charge in [0.25, 0.3) is 5.56 Å². The fraction of sp³-hybridized carbons (Fsp3) is 0.667. The number of rotatable bonds is 4. The van der Waals surface area contributed by atoms with Crippen LogP contribution in [0.5, 0.6) is 0 Å². The summed E-state index contributed by atoms with van der Waals surface area (Å²) in [7, 11) is 0. The number of aryl methyl sites for hydroxylation is 1. The molecule has 0 bridgehead atoms. The van der Waals surface area contributed by atoms with Crippen LogP contribution in [0.3, 0.4) is 0 Å². The molecular weight excluding hydrogens is 300 g/mol. The second-order valence-electron chi connectivity index (χ2n) is 6.22. The monoisotopic (exact) mass is 322 g/mol. The highest BCUT2D eigenvalue weighted by Gasteiger charge is 2.35. The van der Waals surface area contributed by atoms with E-state index in [1.807, 2.05) is 0 Å². The third-order valence-electron chi connectivity index (χ3n) is 4.51. The van der Waals surface area contributed by atoms with Gasteiger partial charge < -0.3 is 10.1 Å². The van der Waals surface area contributed by atoms with Crippen LogP contribution < -0.4 is 16.6 Å². The van der Waals surface area contributed by atoms with Crippen LogP contribution in [0.2, 0.25) is 0 Å². The van der Waals surface area contributed by atoms with E-state index in [4.69, 9.17) is 4.74 Å². The molecule has 2 N–H and O–H groups in total. The number of H-pyrrole nitrogens is 1. The Bertz CT molecular complexity index is 689. The summed E-state index contributed by atoms with van der Waals surface area (Å²) < 4.78 is 6.73. The van der Waals surface area contributed by atoms with Crippen molar-refractivity contribution in [3.8, 4) is 0 Å². The molecule has 0 spiro atoms. The molecule has 2 atom stereocenters. The van der Waals surface area contributed by atoms with E-state index in [0.717, 1.165) is 13.1 Å². The molecule has 2 fully saturated rings. The van der Waals surface area contributed by atoms with Gasteiger partial charge in [0.2, 0.25) is 5.91 Å². The van der Waals surface area contributed by atoms with Gasteiger partial charge in [-0.3, -0.25) is 24.0 Å². The lowest BCUT2D eigenvalue weighted by Crippen LogP contribution is -2.51. The van der Waals surface area contributed by atoms with Crippen molar-refractivity contribution >= 4 is 5.91 Å². The largest absolute Gasteiger partial charge is 0.378 e. The Morgan fingerprint density at radius 2 is 2.09 bits per heavy atom. The van der Waals surface area contributed by atoms with Gasteiger partial charge in [0.1, 0.15) is 6.54 Å². The Kier molecular flexibility index (Phi) is 4.63. The summed E-state index contributed by atoms with van der Waals surface area (Å²) in [4.78, 5) is 39.9. The van der Waals surface area contributed by atoms with Gasteiger partial charge >= 0.3 is 5.69 Å². The fourth-order valence-corrected chi connectivity index (χ4v) is 3.26. The van der Waals surface area contributed by atoms with Gasteiger partial charge in [-0.1, -0.05) is 0 Å². The van der Waals surface area contributed by atoms with E-state index in [9.17, 15) is 14.4 Å². The molecule has 0 aliphatic carbocycles. The summed E-state index contributed by atoms with van der Waals surface area (Å²) in [6, 6.07) is 0.149. The van der Waals surface area contributed by atoms with E-state index >= 15 is 0 Å². The molecule has 3 heterocycles. The zero-order chi connectivity index (χ0) is 16.4. The third kappa shape index (κ3) is 3.53. The number of nitrogens with zero attached hydrogens (tertiary/aromatic N) is 2. The molecule has 0 radical (unpaired) electrons. The second kappa shape index (κ2) is 6.67. The van der Waals surface area contributed by atoms with Gasteiger partial charge in [-0.25, -0.2) is 4.79 Å².